The van der Waals surface area contributed by atoms with Crippen molar-refractivity contribution in [3.63, 3.8) is 0 Å². The minimum Gasteiger partial charge on any atom is -0.357 e. The molecule has 0 spiro atoms. The Labute approximate surface area is 103 Å². The molecular formula is C13H20N4. The van der Waals surface area contributed by atoms with E-state index < -0.39 is 0 Å². The van der Waals surface area contributed by atoms with Crippen molar-refractivity contribution >= 4 is 5.96 Å². The molecule has 0 aliphatic heterocycles. The lowest BCUT2D eigenvalue weighted by atomic mass is 10.3. The Morgan fingerprint density at radius 3 is 2.94 bits per heavy atom. The molecular weight excluding hydrogens is 212 g/mol. The van der Waals surface area contributed by atoms with Gasteiger partial charge in [0.15, 0.2) is 5.96 Å². The predicted molar refractivity (Wildman–Crippen MR) is 69.9 cm³/mol. The smallest absolute Gasteiger partial charge is 0.191 e. The van der Waals surface area contributed by atoms with E-state index in [9.17, 15) is 0 Å². The highest BCUT2D eigenvalue weighted by Gasteiger charge is 2.21. The fourth-order valence-electron chi connectivity index (χ4n) is 1.59. The van der Waals surface area contributed by atoms with Crippen molar-refractivity contribution in [3.05, 3.63) is 29.6 Å². The molecule has 2 rings (SSSR count). The van der Waals surface area contributed by atoms with Gasteiger partial charge in [0, 0.05) is 18.3 Å². The predicted octanol–water partition coefficient (Wildman–Crippen LogP) is 1.61. The SMILES string of the molecule is CCNC(=NCc1cccc(C)n1)NC1CC1. The van der Waals surface area contributed by atoms with Crippen molar-refractivity contribution in [1.29, 1.82) is 0 Å². The van der Waals surface area contributed by atoms with Gasteiger partial charge < -0.3 is 10.6 Å². The number of aryl methyl sites for hydroxylation is 1. The molecule has 1 aromatic rings. The number of hydrogen-bond donors (Lipinski definition) is 2. The monoisotopic (exact) mass is 232 g/mol. The lowest BCUT2D eigenvalue weighted by Crippen LogP contribution is -2.38. The minimum absolute atomic E-state index is 0.623. The number of aromatic nitrogens is 1. The van der Waals surface area contributed by atoms with Crippen LogP contribution in [0.25, 0.3) is 0 Å². The van der Waals surface area contributed by atoms with Crippen molar-refractivity contribution in [2.45, 2.75) is 39.3 Å². The Kier molecular flexibility index (Phi) is 3.96. The topological polar surface area (TPSA) is 49.3 Å². The second kappa shape index (κ2) is 5.66. The van der Waals surface area contributed by atoms with Gasteiger partial charge >= 0.3 is 0 Å². The van der Waals surface area contributed by atoms with Gasteiger partial charge in [0.25, 0.3) is 0 Å². The van der Waals surface area contributed by atoms with E-state index in [-0.39, 0.29) is 0 Å². The molecule has 1 heterocycles. The molecule has 1 fully saturated rings. The van der Waals surface area contributed by atoms with Crippen molar-refractivity contribution in [2.24, 2.45) is 4.99 Å². The summed E-state index contributed by atoms with van der Waals surface area (Å²) in [6.07, 6.45) is 2.51. The molecule has 0 saturated heterocycles. The first kappa shape index (κ1) is 11.9. The molecule has 17 heavy (non-hydrogen) atoms. The maximum absolute atomic E-state index is 4.54. The minimum atomic E-state index is 0.623. The van der Waals surface area contributed by atoms with Crippen molar-refractivity contribution in [3.8, 4) is 0 Å². The number of hydrogen-bond acceptors (Lipinski definition) is 2. The van der Waals surface area contributed by atoms with Gasteiger partial charge in [-0.3, -0.25) is 4.98 Å². The van der Waals surface area contributed by atoms with Gasteiger partial charge in [-0.05, 0) is 38.8 Å². The molecule has 1 aliphatic carbocycles. The highest BCUT2D eigenvalue weighted by atomic mass is 15.2. The molecule has 0 aromatic carbocycles. The van der Waals surface area contributed by atoms with E-state index in [1.807, 2.05) is 25.1 Å². The van der Waals surface area contributed by atoms with Crippen LogP contribution in [0.1, 0.15) is 31.2 Å². The average Bonchev–Trinajstić information content (AvgIpc) is 3.10. The van der Waals surface area contributed by atoms with Crippen LogP contribution in [0.5, 0.6) is 0 Å². The zero-order valence-corrected chi connectivity index (χ0v) is 10.5. The number of pyridine rings is 1. The van der Waals surface area contributed by atoms with Crippen LogP contribution >= 0.6 is 0 Å². The summed E-state index contributed by atoms with van der Waals surface area (Å²) in [6.45, 7) is 5.60. The van der Waals surface area contributed by atoms with Gasteiger partial charge in [-0.2, -0.15) is 0 Å². The van der Waals surface area contributed by atoms with Crippen molar-refractivity contribution in [1.82, 2.24) is 15.6 Å². The van der Waals surface area contributed by atoms with Crippen LogP contribution in [-0.2, 0) is 6.54 Å². The standard InChI is InChI=1S/C13H20N4/c1-3-14-13(17-11-7-8-11)15-9-12-6-4-5-10(2)16-12/h4-6,11H,3,7-9H2,1-2H3,(H2,14,15,17). The highest BCUT2D eigenvalue weighted by molar-refractivity contribution is 5.80. The first-order valence-electron chi connectivity index (χ1n) is 6.25. The summed E-state index contributed by atoms with van der Waals surface area (Å²) in [5.41, 5.74) is 2.05. The molecule has 92 valence electrons. The van der Waals surface area contributed by atoms with E-state index in [1.165, 1.54) is 12.8 Å². The number of guanidine groups is 1. The molecule has 2 N–H and O–H groups in total. The fraction of sp³-hybridized carbons (Fsp3) is 0.538. The van der Waals surface area contributed by atoms with Crippen LogP contribution in [0.3, 0.4) is 0 Å². The summed E-state index contributed by atoms with van der Waals surface area (Å²) in [6, 6.07) is 6.66. The Morgan fingerprint density at radius 1 is 1.47 bits per heavy atom. The maximum Gasteiger partial charge on any atom is 0.191 e. The summed E-state index contributed by atoms with van der Waals surface area (Å²) >= 11 is 0. The van der Waals surface area contributed by atoms with Gasteiger partial charge in [-0.1, -0.05) is 6.07 Å². The van der Waals surface area contributed by atoms with E-state index in [0.717, 1.165) is 23.9 Å². The van der Waals surface area contributed by atoms with Crippen LogP contribution < -0.4 is 10.6 Å². The fourth-order valence-corrected chi connectivity index (χ4v) is 1.59. The second-order valence-corrected chi connectivity index (χ2v) is 4.38. The summed E-state index contributed by atoms with van der Waals surface area (Å²) in [4.78, 5) is 8.97. The zero-order chi connectivity index (χ0) is 12.1. The summed E-state index contributed by atoms with van der Waals surface area (Å²) in [7, 11) is 0. The highest BCUT2D eigenvalue weighted by Crippen LogP contribution is 2.18. The lowest BCUT2D eigenvalue weighted by Gasteiger charge is -2.09. The Bertz CT molecular complexity index is 396. The zero-order valence-electron chi connectivity index (χ0n) is 10.5. The molecule has 4 heteroatoms. The van der Waals surface area contributed by atoms with Gasteiger partial charge in [0.1, 0.15) is 0 Å². The Hall–Kier alpha value is -1.58. The third-order valence-corrected chi connectivity index (χ3v) is 2.61. The van der Waals surface area contributed by atoms with Crippen LogP contribution in [0.4, 0.5) is 0 Å². The molecule has 0 bridgehead atoms. The summed E-state index contributed by atoms with van der Waals surface area (Å²) in [5, 5.41) is 6.64. The van der Waals surface area contributed by atoms with Gasteiger partial charge in [0.2, 0.25) is 0 Å². The van der Waals surface area contributed by atoms with Gasteiger partial charge in [-0.15, -0.1) is 0 Å². The van der Waals surface area contributed by atoms with Crippen LogP contribution in [0.2, 0.25) is 0 Å². The molecule has 0 atom stereocenters. The van der Waals surface area contributed by atoms with Crippen LogP contribution in [-0.4, -0.2) is 23.5 Å². The molecule has 4 nitrogen and oxygen atoms in total. The van der Waals surface area contributed by atoms with Gasteiger partial charge in [-0.25, -0.2) is 4.99 Å². The number of nitrogens with one attached hydrogen (secondary N) is 2. The first-order chi connectivity index (χ1) is 8.28. The van der Waals surface area contributed by atoms with Crippen molar-refractivity contribution in [2.75, 3.05) is 6.54 Å². The third-order valence-electron chi connectivity index (χ3n) is 2.61. The normalized spacial score (nSPS) is 15.8. The Balaban J connectivity index is 1.95. The third kappa shape index (κ3) is 4.06. The van der Waals surface area contributed by atoms with Crippen LogP contribution in [0.15, 0.2) is 23.2 Å². The molecule has 1 aromatic heterocycles. The summed E-state index contributed by atoms with van der Waals surface area (Å²) in [5.74, 6) is 0.901. The first-order valence-corrected chi connectivity index (χ1v) is 6.25. The van der Waals surface area contributed by atoms with E-state index in [4.69, 9.17) is 0 Å². The van der Waals surface area contributed by atoms with E-state index in [2.05, 4.69) is 27.5 Å². The van der Waals surface area contributed by atoms with Crippen molar-refractivity contribution < 1.29 is 0 Å². The molecule has 0 amide bonds. The molecule has 0 radical (unpaired) electrons. The number of nitrogens with zero attached hydrogens (tertiary/aromatic N) is 2. The van der Waals surface area contributed by atoms with Gasteiger partial charge in [0.05, 0.1) is 12.2 Å². The van der Waals surface area contributed by atoms with Crippen LogP contribution in [0, 0.1) is 6.92 Å². The second-order valence-electron chi connectivity index (χ2n) is 4.38. The van der Waals surface area contributed by atoms with E-state index in [0.29, 0.717) is 12.6 Å². The largest absolute Gasteiger partial charge is 0.357 e. The quantitative estimate of drug-likeness (QED) is 0.612. The molecule has 1 aliphatic rings. The maximum atomic E-state index is 4.54. The average molecular weight is 232 g/mol. The lowest BCUT2D eigenvalue weighted by molar-refractivity contribution is 0.807. The molecule has 0 unspecified atom stereocenters. The number of aliphatic imine (C=N–C) groups is 1. The Morgan fingerprint density at radius 2 is 2.29 bits per heavy atom. The van der Waals surface area contributed by atoms with E-state index in [1.54, 1.807) is 0 Å². The number of rotatable bonds is 4. The summed E-state index contributed by atoms with van der Waals surface area (Å²) < 4.78 is 0. The van der Waals surface area contributed by atoms with E-state index >= 15 is 0 Å². The molecule has 1 saturated carbocycles.